The molecule has 0 bridgehead atoms. The molecule has 0 atom stereocenters. The van der Waals surface area contributed by atoms with Gasteiger partial charge >= 0.3 is 0 Å². The fourth-order valence-corrected chi connectivity index (χ4v) is 10.0. The van der Waals surface area contributed by atoms with Crippen LogP contribution in [0.15, 0.2) is 218 Å². The summed E-state index contributed by atoms with van der Waals surface area (Å²) in [5.74, 6) is 0. The maximum Gasteiger partial charge on any atom is -0.000117 e. The lowest BCUT2D eigenvalue weighted by molar-refractivity contribution is 1.61. The van der Waals surface area contributed by atoms with Gasteiger partial charge in [0.25, 0.3) is 0 Å². The van der Waals surface area contributed by atoms with Gasteiger partial charge in [-0.05, 0) is 127 Å². The zero-order valence-corrected chi connectivity index (χ0v) is 31.8. The lowest BCUT2D eigenvalue weighted by Gasteiger charge is -2.22. The van der Waals surface area contributed by atoms with Crippen LogP contribution in [0.4, 0.5) is 0 Å². The van der Waals surface area contributed by atoms with E-state index in [1.54, 1.807) is 0 Å². The van der Waals surface area contributed by atoms with Gasteiger partial charge in [0.15, 0.2) is 0 Å². The Morgan fingerprint density at radius 2 is 0.621 bits per heavy atom. The molecule has 11 aromatic carbocycles. The Labute approximate surface area is 337 Å². The zero-order valence-electron chi connectivity index (χ0n) is 31.8. The van der Waals surface area contributed by atoms with E-state index in [0.29, 0.717) is 0 Å². The maximum absolute atomic E-state index is 2.48. The van der Waals surface area contributed by atoms with Crippen molar-refractivity contribution in [1.29, 1.82) is 0 Å². The molecule has 11 aromatic rings. The summed E-state index contributed by atoms with van der Waals surface area (Å²) in [7, 11) is 0. The first kappa shape index (κ1) is 32.7. The van der Waals surface area contributed by atoms with Crippen molar-refractivity contribution in [2.24, 2.45) is 0 Å². The first-order valence-corrected chi connectivity index (χ1v) is 20.2. The molecule has 0 aromatic heterocycles. The standard InChI is InChI=1S/C58H36/c1-5-18-37(19-6-1)51-44-27-13-14-28-45(44)52(38-20-7-2-8-21-38)50-36-42(33-35-48(50)51)43-34-32-41-26-17-31-49-55(41)56(43)58-54(40-24-11-4-12-25-40)47-30-16-15-29-46(47)53(57(49)58)39-22-9-3-10-23-39/h1-36H. The molecule has 0 unspecified atom stereocenters. The van der Waals surface area contributed by atoms with Crippen LogP contribution in [0.1, 0.15) is 0 Å². The van der Waals surface area contributed by atoms with Crippen LogP contribution < -0.4 is 0 Å². The van der Waals surface area contributed by atoms with Crippen LogP contribution in [0.3, 0.4) is 0 Å². The second-order valence-corrected chi connectivity index (χ2v) is 15.5. The van der Waals surface area contributed by atoms with Crippen LogP contribution in [0.2, 0.25) is 0 Å². The topological polar surface area (TPSA) is 0 Å². The van der Waals surface area contributed by atoms with Gasteiger partial charge in [-0.2, -0.15) is 0 Å². The minimum absolute atomic E-state index is 1.21. The molecule has 0 saturated heterocycles. The van der Waals surface area contributed by atoms with Gasteiger partial charge in [-0.3, -0.25) is 0 Å². The number of benzene rings is 11. The fourth-order valence-electron chi connectivity index (χ4n) is 10.0. The van der Waals surface area contributed by atoms with Crippen molar-refractivity contribution in [3.63, 3.8) is 0 Å². The molecular formula is C58H36. The lowest BCUT2D eigenvalue weighted by atomic mass is 9.81. The summed E-state index contributed by atoms with van der Waals surface area (Å²) >= 11 is 0. The summed E-state index contributed by atoms with van der Waals surface area (Å²) in [6.07, 6.45) is 0. The largest absolute Gasteiger partial charge is 0.0622 e. The van der Waals surface area contributed by atoms with Crippen molar-refractivity contribution in [1.82, 2.24) is 0 Å². The number of rotatable bonds is 5. The predicted molar refractivity (Wildman–Crippen MR) is 248 cm³/mol. The van der Waals surface area contributed by atoms with E-state index in [1.165, 1.54) is 121 Å². The molecule has 0 N–H and O–H groups in total. The van der Waals surface area contributed by atoms with Crippen molar-refractivity contribution in [2.45, 2.75) is 0 Å². The molecule has 0 radical (unpaired) electrons. The van der Waals surface area contributed by atoms with Crippen molar-refractivity contribution in [3.05, 3.63) is 218 Å². The molecule has 0 amide bonds. The third-order valence-corrected chi connectivity index (χ3v) is 12.4. The first-order valence-electron chi connectivity index (χ1n) is 20.2. The molecule has 0 heterocycles. The fraction of sp³-hybridized carbons (Fsp3) is 0. The Morgan fingerprint density at radius 1 is 0.190 bits per heavy atom. The van der Waals surface area contributed by atoms with E-state index in [-0.39, 0.29) is 0 Å². The number of hydrogen-bond donors (Lipinski definition) is 0. The molecule has 1 aliphatic carbocycles. The van der Waals surface area contributed by atoms with Crippen LogP contribution >= 0.6 is 0 Å². The van der Waals surface area contributed by atoms with Crippen LogP contribution in [-0.4, -0.2) is 0 Å². The molecule has 0 nitrogen and oxygen atoms in total. The highest BCUT2D eigenvalue weighted by Gasteiger charge is 2.32. The third kappa shape index (κ3) is 4.82. The highest BCUT2D eigenvalue weighted by atomic mass is 14.3. The second kappa shape index (κ2) is 13.0. The normalized spacial score (nSPS) is 11.8. The molecule has 0 aliphatic heterocycles. The highest BCUT2D eigenvalue weighted by Crippen LogP contribution is 2.60. The zero-order chi connectivity index (χ0) is 38.2. The molecule has 1 aliphatic rings. The van der Waals surface area contributed by atoms with Crippen LogP contribution in [0.5, 0.6) is 0 Å². The third-order valence-electron chi connectivity index (χ3n) is 12.4. The van der Waals surface area contributed by atoms with Crippen LogP contribution in [0.25, 0.3) is 121 Å². The summed E-state index contributed by atoms with van der Waals surface area (Å²) in [6.45, 7) is 0. The molecule has 0 spiro atoms. The molecule has 268 valence electrons. The van der Waals surface area contributed by atoms with Crippen LogP contribution in [0, 0.1) is 0 Å². The Kier molecular flexibility index (Phi) is 7.33. The van der Waals surface area contributed by atoms with E-state index >= 15 is 0 Å². The molecule has 58 heavy (non-hydrogen) atoms. The summed E-state index contributed by atoms with van der Waals surface area (Å²) < 4.78 is 0. The average Bonchev–Trinajstić information content (AvgIpc) is 3.64. The Balaban J connectivity index is 1.24. The van der Waals surface area contributed by atoms with Gasteiger partial charge < -0.3 is 0 Å². The van der Waals surface area contributed by atoms with Gasteiger partial charge in [-0.25, -0.2) is 0 Å². The van der Waals surface area contributed by atoms with Gasteiger partial charge in [0, 0.05) is 0 Å². The number of fused-ring (bicyclic) bond motifs is 6. The SMILES string of the molecule is c1ccc(-c2c3c(c(-c4ccccc4)c4ccccc24)-c2c(-c4ccc5c(-c6ccccc6)c6ccccc6c(-c6ccccc6)c5c4)ccc4cccc-3c24)cc1. The molecule has 0 heteroatoms. The Hall–Kier alpha value is -7.54. The Bertz CT molecular complexity index is 3400. The van der Waals surface area contributed by atoms with E-state index in [4.69, 9.17) is 0 Å². The van der Waals surface area contributed by atoms with E-state index in [1.807, 2.05) is 0 Å². The smallest absolute Gasteiger partial charge is 0.000117 e. The van der Waals surface area contributed by atoms with Crippen molar-refractivity contribution in [3.8, 4) is 77.9 Å². The van der Waals surface area contributed by atoms with Gasteiger partial charge in [0.2, 0.25) is 0 Å². The Morgan fingerprint density at radius 3 is 1.16 bits per heavy atom. The van der Waals surface area contributed by atoms with Crippen molar-refractivity contribution >= 4 is 43.1 Å². The molecule has 12 rings (SSSR count). The average molecular weight is 733 g/mol. The highest BCUT2D eigenvalue weighted by molar-refractivity contribution is 6.30. The summed E-state index contributed by atoms with van der Waals surface area (Å²) in [5.41, 5.74) is 17.8. The van der Waals surface area contributed by atoms with Gasteiger partial charge in [-0.1, -0.05) is 212 Å². The van der Waals surface area contributed by atoms with E-state index < -0.39 is 0 Å². The van der Waals surface area contributed by atoms with Gasteiger partial charge in [0.1, 0.15) is 0 Å². The monoisotopic (exact) mass is 732 g/mol. The van der Waals surface area contributed by atoms with Gasteiger partial charge in [0.05, 0.1) is 0 Å². The predicted octanol–water partition coefficient (Wildman–Crippen LogP) is 16.3. The lowest BCUT2D eigenvalue weighted by Crippen LogP contribution is -1.95. The minimum Gasteiger partial charge on any atom is -0.0622 e. The van der Waals surface area contributed by atoms with E-state index in [9.17, 15) is 0 Å². The second-order valence-electron chi connectivity index (χ2n) is 15.5. The number of hydrogen-bond acceptors (Lipinski definition) is 0. The van der Waals surface area contributed by atoms with Crippen molar-refractivity contribution in [2.75, 3.05) is 0 Å². The van der Waals surface area contributed by atoms with Gasteiger partial charge in [-0.15, -0.1) is 0 Å². The quantitative estimate of drug-likeness (QED) is 0.155. The summed E-state index contributed by atoms with van der Waals surface area (Å²) in [4.78, 5) is 0. The van der Waals surface area contributed by atoms with Crippen molar-refractivity contribution < 1.29 is 0 Å². The molecule has 0 saturated carbocycles. The maximum atomic E-state index is 2.48. The van der Waals surface area contributed by atoms with E-state index in [2.05, 4.69) is 218 Å². The molecular weight excluding hydrogens is 697 g/mol. The first-order chi connectivity index (χ1) is 28.8. The van der Waals surface area contributed by atoms with Crippen LogP contribution in [-0.2, 0) is 0 Å². The summed E-state index contributed by atoms with van der Waals surface area (Å²) in [6, 6.07) is 80.7. The summed E-state index contributed by atoms with van der Waals surface area (Å²) in [5, 5.41) is 10.2. The molecule has 0 fully saturated rings. The minimum atomic E-state index is 1.21. The van der Waals surface area contributed by atoms with E-state index in [0.717, 1.165) is 0 Å².